The highest BCUT2D eigenvalue weighted by Crippen LogP contribution is 2.19. The van der Waals surface area contributed by atoms with Crippen LogP contribution in [0.15, 0.2) is 0 Å². The van der Waals surface area contributed by atoms with E-state index in [0.29, 0.717) is 19.3 Å². The smallest absolute Gasteiger partial charge is 0.306 e. The number of hydrogen-bond donors (Lipinski definition) is 0. The Morgan fingerprint density at radius 1 is 0.275 bits per heavy atom. The maximum atomic E-state index is 12.9. The summed E-state index contributed by atoms with van der Waals surface area (Å²) in [5.41, 5.74) is 0. The molecule has 0 aliphatic heterocycles. The fraction of sp³-hybridized carbons (Fsp3) is 0.952. The predicted molar refractivity (Wildman–Crippen MR) is 298 cm³/mol. The average molecular weight is 976 g/mol. The van der Waals surface area contributed by atoms with E-state index in [0.717, 1.165) is 69.6 Å². The monoisotopic (exact) mass is 975 g/mol. The van der Waals surface area contributed by atoms with Crippen molar-refractivity contribution in [1.82, 2.24) is 0 Å². The Balaban J connectivity index is 4.24. The number of carbonyl (C=O) groups excluding carboxylic acids is 3. The van der Waals surface area contributed by atoms with Gasteiger partial charge < -0.3 is 14.2 Å². The molecule has 0 amide bonds. The lowest BCUT2D eigenvalue weighted by atomic mass is 10.0. The first-order valence-electron chi connectivity index (χ1n) is 31.2. The first-order valence-corrected chi connectivity index (χ1v) is 31.2. The summed E-state index contributed by atoms with van der Waals surface area (Å²) in [5, 5.41) is 0. The molecule has 0 N–H and O–H groups in total. The molecule has 0 bridgehead atoms. The topological polar surface area (TPSA) is 78.9 Å². The van der Waals surface area contributed by atoms with E-state index in [1.165, 1.54) is 244 Å². The van der Waals surface area contributed by atoms with E-state index in [4.69, 9.17) is 14.2 Å². The largest absolute Gasteiger partial charge is 0.462 e. The number of hydrogen-bond acceptors (Lipinski definition) is 6. The third kappa shape index (κ3) is 57.2. The minimum atomic E-state index is -0.763. The van der Waals surface area contributed by atoms with E-state index in [1.807, 2.05) is 0 Å². The molecular weight excluding hydrogens is 853 g/mol. The molecule has 0 heterocycles. The molecule has 0 radical (unpaired) electrons. The zero-order chi connectivity index (χ0) is 50.4. The summed E-state index contributed by atoms with van der Waals surface area (Å²) in [6.07, 6.45) is 61.0. The quantitative estimate of drug-likeness (QED) is 0.0343. The molecule has 1 atom stereocenters. The van der Waals surface area contributed by atoms with Crippen molar-refractivity contribution < 1.29 is 28.6 Å². The van der Waals surface area contributed by atoms with Crippen LogP contribution in [0.25, 0.3) is 0 Å². The first kappa shape index (κ1) is 67.4. The van der Waals surface area contributed by atoms with E-state index in [1.54, 1.807) is 0 Å². The van der Waals surface area contributed by atoms with Gasteiger partial charge in [0.05, 0.1) is 0 Å². The number of carbonyl (C=O) groups is 3. The van der Waals surface area contributed by atoms with Gasteiger partial charge in [0.25, 0.3) is 0 Å². The second-order valence-electron chi connectivity index (χ2n) is 22.6. The molecule has 0 aromatic carbocycles. The van der Waals surface area contributed by atoms with Crippen LogP contribution in [-0.4, -0.2) is 37.2 Å². The minimum Gasteiger partial charge on any atom is -0.462 e. The summed E-state index contributed by atoms with van der Waals surface area (Å²) in [6, 6.07) is 0. The van der Waals surface area contributed by atoms with E-state index in [9.17, 15) is 14.4 Å². The van der Waals surface area contributed by atoms with Gasteiger partial charge in [0.15, 0.2) is 6.10 Å². The third-order valence-corrected chi connectivity index (χ3v) is 14.5. The van der Waals surface area contributed by atoms with Crippen molar-refractivity contribution in [3.8, 4) is 0 Å². The van der Waals surface area contributed by atoms with Crippen LogP contribution in [0.4, 0.5) is 0 Å². The lowest BCUT2D eigenvalue weighted by molar-refractivity contribution is -0.167. The van der Waals surface area contributed by atoms with Gasteiger partial charge in [-0.3, -0.25) is 14.4 Å². The first-order chi connectivity index (χ1) is 33.7. The second-order valence-corrected chi connectivity index (χ2v) is 22.6. The number of ether oxygens (including phenoxy) is 3. The molecule has 69 heavy (non-hydrogen) atoms. The minimum absolute atomic E-state index is 0.0620. The summed E-state index contributed by atoms with van der Waals surface area (Å²) in [4.78, 5) is 38.2. The zero-order valence-corrected chi connectivity index (χ0v) is 47.5. The van der Waals surface area contributed by atoms with Crippen LogP contribution in [0.5, 0.6) is 0 Å². The molecule has 0 unspecified atom stereocenters. The Bertz CT molecular complexity index is 1060. The maximum absolute atomic E-state index is 12.9. The van der Waals surface area contributed by atoms with Crippen LogP contribution in [0.1, 0.15) is 356 Å². The molecule has 0 saturated heterocycles. The molecule has 0 aromatic rings. The normalized spacial score (nSPS) is 12.0. The number of rotatable bonds is 57. The van der Waals surface area contributed by atoms with Gasteiger partial charge in [-0.2, -0.15) is 0 Å². The molecule has 0 spiro atoms. The van der Waals surface area contributed by atoms with Crippen molar-refractivity contribution >= 4 is 17.9 Å². The van der Waals surface area contributed by atoms with Crippen LogP contribution >= 0.6 is 0 Å². The van der Waals surface area contributed by atoms with Gasteiger partial charge in [-0.1, -0.05) is 317 Å². The van der Waals surface area contributed by atoms with E-state index < -0.39 is 6.10 Å². The van der Waals surface area contributed by atoms with Crippen LogP contribution in [0.2, 0.25) is 0 Å². The van der Waals surface area contributed by atoms with Crippen molar-refractivity contribution in [2.45, 2.75) is 362 Å². The fourth-order valence-corrected chi connectivity index (χ4v) is 9.76. The molecule has 410 valence electrons. The second kappa shape index (κ2) is 55.7. The van der Waals surface area contributed by atoms with E-state index in [2.05, 4.69) is 34.6 Å². The van der Waals surface area contributed by atoms with Crippen LogP contribution in [0, 0.1) is 11.8 Å². The van der Waals surface area contributed by atoms with Gasteiger partial charge in [-0.05, 0) is 31.1 Å². The van der Waals surface area contributed by atoms with Crippen LogP contribution in [0.3, 0.4) is 0 Å². The lowest BCUT2D eigenvalue weighted by Crippen LogP contribution is -2.30. The zero-order valence-electron chi connectivity index (χ0n) is 47.5. The Kier molecular flexibility index (Phi) is 54.4. The molecule has 0 aliphatic carbocycles. The summed E-state index contributed by atoms with van der Waals surface area (Å²) in [5.74, 6) is 0.874. The molecule has 0 saturated carbocycles. The molecule has 0 fully saturated rings. The van der Waals surface area contributed by atoms with Crippen molar-refractivity contribution in [2.75, 3.05) is 13.2 Å². The highest BCUT2D eigenvalue weighted by Gasteiger charge is 2.19. The highest BCUT2D eigenvalue weighted by molar-refractivity contribution is 5.71. The third-order valence-electron chi connectivity index (χ3n) is 14.5. The van der Waals surface area contributed by atoms with Gasteiger partial charge in [0.2, 0.25) is 0 Å². The predicted octanol–water partition coefficient (Wildman–Crippen LogP) is 20.8. The molecule has 6 heteroatoms. The molecule has 6 nitrogen and oxygen atoms in total. The Morgan fingerprint density at radius 2 is 0.478 bits per heavy atom. The molecule has 0 aromatic heterocycles. The van der Waals surface area contributed by atoms with Gasteiger partial charge in [-0.25, -0.2) is 0 Å². The summed E-state index contributed by atoms with van der Waals surface area (Å²) in [6.45, 7) is 11.5. The van der Waals surface area contributed by atoms with Crippen molar-refractivity contribution in [2.24, 2.45) is 11.8 Å². The van der Waals surface area contributed by atoms with Gasteiger partial charge in [0, 0.05) is 19.3 Å². The number of esters is 3. The maximum Gasteiger partial charge on any atom is 0.306 e. The Labute approximate surface area is 431 Å². The van der Waals surface area contributed by atoms with Gasteiger partial charge in [-0.15, -0.1) is 0 Å². The SMILES string of the molecule is CCCCCCCCCCCCCCC(=O)OC[C@@H](COC(=O)CCCCCCCCCCCCCCCCCC(C)C)OC(=O)CCCCCCCCCCCCCCCCCCCCC(C)C. The molecule has 0 rings (SSSR count). The fourth-order valence-electron chi connectivity index (χ4n) is 9.76. The Hall–Kier alpha value is -1.59. The summed E-state index contributed by atoms with van der Waals surface area (Å²) >= 11 is 0. The van der Waals surface area contributed by atoms with Gasteiger partial charge >= 0.3 is 17.9 Å². The van der Waals surface area contributed by atoms with Crippen molar-refractivity contribution in [3.63, 3.8) is 0 Å². The standard InChI is InChI=1S/C63H122O6/c1-6-7-8-9-10-11-12-28-33-38-43-48-53-61(64)67-56-60(57-68-62(65)54-49-44-39-34-29-24-21-17-19-23-27-32-37-42-47-52-59(4)5)69-63(66)55-50-45-40-35-30-25-20-16-14-13-15-18-22-26-31-36-41-46-51-58(2)3/h58-60H,6-57H2,1-5H3/t60-/m0/s1. The molecular formula is C63H122O6. The number of unbranched alkanes of at least 4 members (excludes halogenated alkanes) is 42. The summed E-state index contributed by atoms with van der Waals surface area (Å²) < 4.78 is 16.9. The summed E-state index contributed by atoms with van der Waals surface area (Å²) in [7, 11) is 0. The van der Waals surface area contributed by atoms with Gasteiger partial charge in [0.1, 0.15) is 13.2 Å². The van der Waals surface area contributed by atoms with Crippen molar-refractivity contribution in [1.29, 1.82) is 0 Å². The Morgan fingerprint density at radius 3 is 0.710 bits per heavy atom. The van der Waals surface area contributed by atoms with Crippen LogP contribution in [-0.2, 0) is 28.6 Å². The van der Waals surface area contributed by atoms with E-state index in [-0.39, 0.29) is 31.1 Å². The average Bonchev–Trinajstić information content (AvgIpc) is 3.32. The van der Waals surface area contributed by atoms with Crippen molar-refractivity contribution in [3.05, 3.63) is 0 Å². The van der Waals surface area contributed by atoms with E-state index >= 15 is 0 Å². The highest BCUT2D eigenvalue weighted by atomic mass is 16.6. The lowest BCUT2D eigenvalue weighted by Gasteiger charge is -2.18. The van der Waals surface area contributed by atoms with Crippen LogP contribution < -0.4 is 0 Å². The molecule has 0 aliphatic rings.